The summed E-state index contributed by atoms with van der Waals surface area (Å²) in [7, 11) is 0. The van der Waals surface area contributed by atoms with Crippen LogP contribution in [0.2, 0.25) is 0 Å². The minimum atomic E-state index is -0.370. The van der Waals surface area contributed by atoms with Crippen molar-refractivity contribution in [1.29, 1.82) is 0 Å². The maximum Gasteiger partial charge on any atom is 0.269 e. The Hall–Kier alpha value is -2.88. The number of hydrazine groups is 1. The summed E-state index contributed by atoms with van der Waals surface area (Å²) in [5, 5.41) is 0. The van der Waals surface area contributed by atoms with E-state index in [9.17, 15) is 9.59 Å². The third kappa shape index (κ3) is 4.81. The molecule has 0 spiro atoms. The minimum Gasteiger partial charge on any atom is -0.268 e. The lowest BCUT2D eigenvalue weighted by atomic mass is 10.1. The molecule has 4 heteroatoms. The fraction of sp³-hybridized carbons (Fsp3) is 0.158. The van der Waals surface area contributed by atoms with E-state index in [4.69, 9.17) is 0 Å². The number of carbonyl (C=O) groups is 2. The molecule has 4 nitrogen and oxygen atoms in total. The number of hydrogen-bond acceptors (Lipinski definition) is 2. The van der Waals surface area contributed by atoms with E-state index in [0.717, 1.165) is 23.1 Å². The van der Waals surface area contributed by atoms with E-state index in [0.29, 0.717) is 5.56 Å². The summed E-state index contributed by atoms with van der Waals surface area (Å²) in [6, 6.07) is 16.9. The molecule has 0 aliphatic carbocycles. The second-order valence-corrected chi connectivity index (χ2v) is 5.19. The summed E-state index contributed by atoms with van der Waals surface area (Å²) in [6.07, 6.45) is 2.37. The standard InChI is InChI=1S/C19H20N2O2/c1-3-15-9-11-17(12-10-15)19(23)21-20-18(22)13-14(2)16-7-5-4-6-8-16/h4-13H,3H2,1-2H3,(H,20,22)(H,21,23)/b14-13+. The molecule has 0 radical (unpaired) electrons. The van der Waals surface area contributed by atoms with Crippen LogP contribution in [0.3, 0.4) is 0 Å². The van der Waals surface area contributed by atoms with Crippen LogP contribution in [0.1, 0.15) is 35.3 Å². The number of carbonyl (C=O) groups excluding carboxylic acids is 2. The van der Waals surface area contributed by atoms with E-state index in [2.05, 4.69) is 17.8 Å². The van der Waals surface area contributed by atoms with Crippen LogP contribution < -0.4 is 10.9 Å². The van der Waals surface area contributed by atoms with Gasteiger partial charge in [0.15, 0.2) is 0 Å². The molecular weight excluding hydrogens is 288 g/mol. The van der Waals surface area contributed by atoms with Crippen LogP contribution in [-0.4, -0.2) is 11.8 Å². The molecule has 0 saturated heterocycles. The van der Waals surface area contributed by atoms with Crippen LogP contribution in [0.4, 0.5) is 0 Å². The highest BCUT2D eigenvalue weighted by molar-refractivity contribution is 5.99. The third-order valence-electron chi connectivity index (χ3n) is 3.50. The maximum atomic E-state index is 12.0. The van der Waals surface area contributed by atoms with Crippen molar-refractivity contribution in [2.45, 2.75) is 20.3 Å². The number of amides is 2. The Morgan fingerprint density at radius 3 is 2.17 bits per heavy atom. The van der Waals surface area contributed by atoms with Gasteiger partial charge in [-0.15, -0.1) is 0 Å². The van der Waals surface area contributed by atoms with E-state index >= 15 is 0 Å². The number of nitrogens with one attached hydrogen (secondary N) is 2. The molecule has 2 N–H and O–H groups in total. The Balaban J connectivity index is 1.92. The molecule has 23 heavy (non-hydrogen) atoms. The van der Waals surface area contributed by atoms with Crippen LogP contribution in [-0.2, 0) is 11.2 Å². The first kappa shape index (κ1) is 16.5. The van der Waals surface area contributed by atoms with Gasteiger partial charge in [-0.05, 0) is 42.2 Å². The Morgan fingerprint density at radius 1 is 0.913 bits per heavy atom. The van der Waals surface area contributed by atoms with Gasteiger partial charge in [-0.1, -0.05) is 49.4 Å². The fourth-order valence-corrected chi connectivity index (χ4v) is 2.10. The molecule has 0 atom stereocenters. The molecule has 0 fully saturated rings. The average molecular weight is 308 g/mol. The molecule has 2 amide bonds. The number of aryl methyl sites for hydroxylation is 1. The number of allylic oxidation sites excluding steroid dienone is 1. The average Bonchev–Trinajstić information content (AvgIpc) is 2.60. The van der Waals surface area contributed by atoms with Gasteiger partial charge < -0.3 is 0 Å². The molecule has 2 aromatic rings. The van der Waals surface area contributed by atoms with E-state index in [1.807, 2.05) is 49.4 Å². The molecule has 0 bridgehead atoms. The van der Waals surface area contributed by atoms with Gasteiger partial charge >= 0.3 is 0 Å². The van der Waals surface area contributed by atoms with Crippen molar-refractivity contribution >= 4 is 17.4 Å². The molecule has 0 aliphatic heterocycles. The Kier molecular flexibility index (Phi) is 5.69. The smallest absolute Gasteiger partial charge is 0.268 e. The number of hydrogen-bond donors (Lipinski definition) is 2. The Labute approximate surface area is 136 Å². The predicted molar refractivity (Wildman–Crippen MR) is 91.5 cm³/mol. The van der Waals surface area contributed by atoms with Crippen LogP contribution in [0, 0.1) is 0 Å². The molecule has 0 saturated carbocycles. The number of rotatable bonds is 4. The molecule has 0 heterocycles. The fourth-order valence-electron chi connectivity index (χ4n) is 2.10. The topological polar surface area (TPSA) is 58.2 Å². The highest BCUT2D eigenvalue weighted by Gasteiger charge is 2.06. The van der Waals surface area contributed by atoms with Gasteiger partial charge in [0, 0.05) is 11.6 Å². The first-order valence-electron chi connectivity index (χ1n) is 7.53. The summed E-state index contributed by atoms with van der Waals surface area (Å²) >= 11 is 0. The van der Waals surface area contributed by atoms with Gasteiger partial charge in [0.25, 0.3) is 11.8 Å². The monoisotopic (exact) mass is 308 g/mol. The van der Waals surface area contributed by atoms with Crippen LogP contribution in [0.5, 0.6) is 0 Å². The second-order valence-electron chi connectivity index (χ2n) is 5.19. The quantitative estimate of drug-likeness (QED) is 0.673. The van der Waals surface area contributed by atoms with Crippen molar-refractivity contribution in [2.24, 2.45) is 0 Å². The SMILES string of the molecule is CCc1ccc(C(=O)NNC(=O)/C=C(\C)c2ccccc2)cc1. The minimum absolute atomic E-state index is 0.341. The first-order chi connectivity index (χ1) is 11.1. The number of benzene rings is 2. The first-order valence-corrected chi connectivity index (χ1v) is 7.53. The molecule has 0 aromatic heterocycles. The van der Waals surface area contributed by atoms with E-state index in [1.54, 1.807) is 12.1 Å². The van der Waals surface area contributed by atoms with E-state index in [1.165, 1.54) is 6.08 Å². The lowest BCUT2D eigenvalue weighted by Gasteiger charge is -2.07. The zero-order valence-electron chi connectivity index (χ0n) is 13.3. The molecule has 2 rings (SSSR count). The van der Waals surface area contributed by atoms with E-state index in [-0.39, 0.29) is 11.8 Å². The van der Waals surface area contributed by atoms with Gasteiger partial charge in [0.2, 0.25) is 0 Å². The predicted octanol–water partition coefficient (Wildman–Crippen LogP) is 3.11. The van der Waals surface area contributed by atoms with Crippen molar-refractivity contribution in [1.82, 2.24) is 10.9 Å². The molecular formula is C19H20N2O2. The van der Waals surface area contributed by atoms with Crippen molar-refractivity contribution in [3.05, 3.63) is 77.4 Å². The third-order valence-corrected chi connectivity index (χ3v) is 3.50. The zero-order chi connectivity index (χ0) is 16.7. The summed E-state index contributed by atoms with van der Waals surface area (Å²) < 4.78 is 0. The van der Waals surface area contributed by atoms with Crippen LogP contribution in [0.25, 0.3) is 5.57 Å². The van der Waals surface area contributed by atoms with Gasteiger partial charge in [0.05, 0.1) is 0 Å². The summed E-state index contributed by atoms with van der Waals surface area (Å²) in [5.41, 5.74) is 8.26. The van der Waals surface area contributed by atoms with Crippen molar-refractivity contribution in [3.8, 4) is 0 Å². The second kappa shape index (κ2) is 7.94. The van der Waals surface area contributed by atoms with Crippen molar-refractivity contribution in [3.63, 3.8) is 0 Å². The molecule has 2 aromatic carbocycles. The molecule has 0 aliphatic rings. The van der Waals surface area contributed by atoms with Crippen LogP contribution >= 0.6 is 0 Å². The highest BCUT2D eigenvalue weighted by Crippen LogP contribution is 2.12. The normalized spacial score (nSPS) is 11.0. The summed E-state index contributed by atoms with van der Waals surface area (Å²) in [6.45, 7) is 3.90. The van der Waals surface area contributed by atoms with Crippen molar-refractivity contribution < 1.29 is 9.59 Å². The van der Waals surface area contributed by atoms with Gasteiger partial charge in [0.1, 0.15) is 0 Å². The Bertz CT molecular complexity index is 704. The van der Waals surface area contributed by atoms with Gasteiger partial charge in [-0.3, -0.25) is 20.4 Å². The Morgan fingerprint density at radius 2 is 1.57 bits per heavy atom. The summed E-state index contributed by atoms with van der Waals surface area (Å²) in [5.74, 6) is -0.711. The summed E-state index contributed by atoms with van der Waals surface area (Å²) in [4.78, 5) is 23.8. The molecule has 0 unspecified atom stereocenters. The maximum absolute atomic E-state index is 12.0. The molecule has 118 valence electrons. The highest BCUT2D eigenvalue weighted by atomic mass is 16.2. The lowest BCUT2D eigenvalue weighted by molar-refractivity contribution is -0.117. The van der Waals surface area contributed by atoms with Crippen molar-refractivity contribution in [2.75, 3.05) is 0 Å². The lowest BCUT2D eigenvalue weighted by Crippen LogP contribution is -2.40. The van der Waals surface area contributed by atoms with Crippen LogP contribution in [0.15, 0.2) is 60.7 Å². The zero-order valence-corrected chi connectivity index (χ0v) is 13.3. The largest absolute Gasteiger partial charge is 0.269 e. The van der Waals surface area contributed by atoms with E-state index < -0.39 is 0 Å². The van der Waals surface area contributed by atoms with Gasteiger partial charge in [-0.2, -0.15) is 0 Å². The van der Waals surface area contributed by atoms with Gasteiger partial charge in [-0.25, -0.2) is 0 Å².